The molecule has 1 fully saturated rings. The molecule has 0 saturated carbocycles. The second kappa shape index (κ2) is 6.27. The van der Waals surface area contributed by atoms with Crippen LogP contribution in [-0.2, 0) is 6.54 Å². The molecule has 0 amide bonds. The van der Waals surface area contributed by atoms with Crippen molar-refractivity contribution in [1.29, 1.82) is 0 Å². The quantitative estimate of drug-likeness (QED) is 0.914. The SMILES string of the molecule is CN(C)CC1CC(O)CN1Cc1cc(-c2cccs2)on1. The van der Waals surface area contributed by atoms with Crippen molar-refractivity contribution in [3.63, 3.8) is 0 Å². The van der Waals surface area contributed by atoms with Crippen LogP contribution in [0, 0.1) is 0 Å². The van der Waals surface area contributed by atoms with Gasteiger partial charge in [-0.25, -0.2) is 0 Å². The molecular weight excluding hydrogens is 286 g/mol. The lowest BCUT2D eigenvalue weighted by Gasteiger charge is -2.25. The molecule has 2 aromatic rings. The van der Waals surface area contributed by atoms with E-state index in [1.54, 1.807) is 11.3 Å². The number of aliphatic hydroxyl groups is 1. The summed E-state index contributed by atoms with van der Waals surface area (Å²) in [6.45, 7) is 2.39. The molecule has 1 saturated heterocycles. The van der Waals surface area contributed by atoms with Crippen LogP contribution in [0.3, 0.4) is 0 Å². The molecule has 3 rings (SSSR count). The highest BCUT2D eigenvalue weighted by Crippen LogP contribution is 2.27. The fraction of sp³-hybridized carbons (Fsp3) is 0.533. The number of β-amino-alcohol motifs (C(OH)–C–C–N with tert-alkyl or cyclic N) is 1. The first-order valence-electron chi connectivity index (χ1n) is 7.18. The Morgan fingerprint density at radius 3 is 3.10 bits per heavy atom. The summed E-state index contributed by atoms with van der Waals surface area (Å²) < 4.78 is 5.42. The zero-order valence-corrected chi connectivity index (χ0v) is 13.2. The number of aromatic nitrogens is 1. The predicted octanol–water partition coefficient (Wildman–Crippen LogP) is 1.90. The zero-order valence-electron chi connectivity index (χ0n) is 12.4. The summed E-state index contributed by atoms with van der Waals surface area (Å²) in [6.07, 6.45) is 0.590. The van der Waals surface area contributed by atoms with Crippen molar-refractivity contribution in [2.45, 2.75) is 25.1 Å². The number of aliphatic hydroxyl groups excluding tert-OH is 1. The van der Waals surface area contributed by atoms with Gasteiger partial charge in [-0.3, -0.25) is 4.90 Å². The van der Waals surface area contributed by atoms with Crippen LogP contribution < -0.4 is 0 Å². The number of likely N-dealkylation sites (tertiary alicyclic amines) is 1. The molecule has 0 aromatic carbocycles. The average molecular weight is 307 g/mol. The smallest absolute Gasteiger partial charge is 0.177 e. The van der Waals surface area contributed by atoms with E-state index in [-0.39, 0.29) is 6.10 Å². The van der Waals surface area contributed by atoms with Gasteiger partial charge in [0.1, 0.15) is 0 Å². The van der Waals surface area contributed by atoms with Crippen molar-refractivity contribution < 1.29 is 9.63 Å². The highest BCUT2D eigenvalue weighted by atomic mass is 32.1. The molecule has 2 unspecified atom stereocenters. The molecule has 2 atom stereocenters. The molecule has 0 spiro atoms. The molecule has 2 aromatic heterocycles. The van der Waals surface area contributed by atoms with Crippen LogP contribution in [0.2, 0.25) is 0 Å². The van der Waals surface area contributed by atoms with Crippen molar-refractivity contribution >= 4 is 11.3 Å². The minimum Gasteiger partial charge on any atom is -0.392 e. The van der Waals surface area contributed by atoms with E-state index in [4.69, 9.17) is 4.52 Å². The number of hydrogen-bond donors (Lipinski definition) is 1. The third-order valence-electron chi connectivity index (χ3n) is 3.77. The van der Waals surface area contributed by atoms with Crippen LogP contribution >= 0.6 is 11.3 Å². The van der Waals surface area contributed by atoms with Gasteiger partial charge in [0.25, 0.3) is 0 Å². The summed E-state index contributed by atoms with van der Waals surface area (Å²) in [5.74, 6) is 0.823. The van der Waals surface area contributed by atoms with Crippen molar-refractivity contribution in [2.75, 3.05) is 27.2 Å². The largest absolute Gasteiger partial charge is 0.392 e. The van der Waals surface area contributed by atoms with Crippen LogP contribution in [0.1, 0.15) is 12.1 Å². The lowest BCUT2D eigenvalue weighted by molar-refractivity contribution is 0.167. The highest BCUT2D eigenvalue weighted by molar-refractivity contribution is 7.13. The van der Waals surface area contributed by atoms with E-state index >= 15 is 0 Å². The Bertz CT molecular complexity index is 567. The minimum absolute atomic E-state index is 0.237. The molecule has 6 heteroatoms. The molecule has 1 aliphatic heterocycles. The van der Waals surface area contributed by atoms with E-state index in [1.165, 1.54) is 0 Å². The normalized spacial score (nSPS) is 23.2. The van der Waals surface area contributed by atoms with Gasteiger partial charge in [-0.15, -0.1) is 11.3 Å². The van der Waals surface area contributed by atoms with Gasteiger partial charge in [-0.05, 0) is 32.0 Å². The predicted molar refractivity (Wildman–Crippen MR) is 83.2 cm³/mol. The van der Waals surface area contributed by atoms with Crippen LogP contribution in [0.25, 0.3) is 10.6 Å². The van der Waals surface area contributed by atoms with Gasteiger partial charge < -0.3 is 14.5 Å². The second-order valence-electron chi connectivity index (χ2n) is 5.89. The molecule has 1 N–H and O–H groups in total. The summed E-state index contributed by atoms with van der Waals surface area (Å²) in [4.78, 5) is 5.55. The van der Waals surface area contributed by atoms with Crippen molar-refractivity contribution in [3.8, 4) is 10.6 Å². The topological polar surface area (TPSA) is 52.7 Å². The third-order valence-corrected chi connectivity index (χ3v) is 4.65. The van der Waals surface area contributed by atoms with E-state index < -0.39 is 0 Å². The number of nitrogens with zero attached hydrogens (tertiary/aromatic N) is 3. The monoisotopic (exact) mass is 307 g/mol. The van der Waals surface area contributed by atoms with Crippen LogP contribution in [0.4, 0.5) is 0 Å². The van der Waals surface area contributed by atoms with Gasteiger partial charge in [-0.2, -0.15) is 0 Å². The molecule has 0 bridgehead atoms. The number of thiophene rings is 1. The summed E-state index contributed by atoms with van der Waals surface area (Å²) in [5, 5.41) is 16.1. The Morgan fingerprint density at radius 2 is 2.38 bits per heavy atom. The Morgan fingerprint density at radius 1 is 1.52 bits per heavy atom. The van der Waals surface area contributed by atoms with Crippen molar-refractivity contribution in [2.24, 2.45) is 0 Å². The Hall–Kier alpha value is -1.21. The molecule has 114 valence electrons. The average Bonchev–Trinajstić information content (AvgIpc) is 3.11. The van der Waals surface area contributed by atoms with Gasteiger partial charge in [0, 0.05) is 31.7 Å². The first-order chi connectivity index (χ1) is 10.1. The highest BCUT2D eigenvalue weighted by Gasteiger charge is 2.31. The van der Waals surface area contributed by atoms with Crippen molar-refractivity contribution in [1.82, 2.24) is 15.0 Å². The van der Waals surface area contributed by atoms with Crippen LogP contribution in [0.15, 0.2) is 28.1 Å². The Balaban J connectivity index is 1.68. The molecular formula is C15H21N3O2S. The first kappa shape index (κ1) is 14.7. The molecule has 21 heavy (non-hydrogen) atoms. The number of likely N-dealkylation sites (N-methyl/N-ethyl adjacent to an activating group) is 1. The molecule has 3 heterocycles. The summed E-state index contributed by atoms with van der Waals surface area (Å²) >= 11 is 1.65. The lowest BCUT2D eigenvalue weighted by atomic mass is 10.2. The van der Waals surface area contributed by atoms with Gasteiger partial charge in [0.05, 0.1) is 16.7 Å². The van der Waals surface area contributed by atoms with Gasteiger partial charge in [0.15, 0.2) is 5.76 Å². The first-order valence-corrected chi connectivity index (χ1v) is 8.06. The maximum Gasteiger partial charge on any atom is 0.177 e. The second-order valence-corrected chi connectivity index (χ2v) is 6.84. The standard InChI is InChI=1S/C15H21N3O2S/c1-17(2)9-12-7-13(19)10-18(12)8-11-6-14(20-16-11)15-4-3-5-21-15/h3-6,12-13,19H,7-10H2,1-2H3. The summed E-state index contributed by atoms with van der Waals surface area (Å²) in [5.41, 5.74) is 0.927. The van der Waals surface area contributed by atoms with E-state index in [1.807, 2.05) is 23.6 Å². The molecule has 5 nitrogen and oxygen atoms in total. The molecule has 0 radical (unpaired) electrons. The van der Waals surface area contributed by atoms with Gasteiger partial charge >= 0.3 is 0 Å². The fourth-order valence-corrected chi connectivity index (χ4v) is 3.57. The zero-order chi connectivity index (χ0) is 14.8. The van der Waals surface area contributed by atoms with Gasteiger partial charge in [-0.1, -0.05) is 11.2 Å². The van der Waals surface area contributed by atoms with Gasteiger partial charge in [0.2, 0.25) is 0 Å². The molecule has 1 aliphatic rings. The Labute approximate surface area is 128 Å². The minimum atomic E-state index is -0.237. The molecule has 0 aliphatic carbocycles. The number of rotatable bonds is 5. The van der Waals surface area contributed by atoms with E-state index in [0.717, 1.165) is 35.8 Å². The Kier molecular flexibility index (Phi) is 4.40. The van der Waals surface area contributed by atoms with E-state index in [9.17, 15) is 5.11 Å². The summed E-state index contributed by atoms with van der Waals surface area (Å²) in [6, 6.07) is 6.41. The summed E-state index contributed by atoms with van der Waals surface area (Å²) in [7, 11) is 4.13. The van der Waals surface area contributed by atoms with Crippen LogP contribution in [0.5, 0.6) is 0 Å². The maximum atomic E-state index is 9.91. The van der Waals surface area contributed by atoms with E-state index in [2.05, 4.69) is 29.1 Å². The van der Waals surface area contributed by atoms with Crippen LogP contribution in [-0.4, -0.2) is 59.4 Å². The number of hydrogen-bond acceptors (Lipinski definition) is 6. The fourth-order valence-electron chi connectivity index (χ4n) is 2.89. The third kappa shape index (κ3) is 3.52. The van der Waals surface area contributed by atoms with Crippen molar-refractivity contribution in [3.05, 3.63) is 29.3 Å². The van der Waals surface area contributed by atoms with E-state index in [0.29, 0.717) is 12.6 Å². The maximum absolute atomic E-state index is 9.91. The lowest BCUT2D eigenvalue weighted by Crippen LogP contribution is -2.37.